The Morgan fingerprint density at radius 3 is 2.63 bits per heavy atom. The first-order valence-corrected chi connectivity index (χ1v) is 6.19. The highest BCUT2D eigenvalue weighted by molar-refractivity contribution is 6.04. The quantitative estimate of drug-likeness (QED) is 0.763. The van der Waals surface area contributed by atoms with E-state index in [0.717, 1.165) is 5.56 Å². The van der Waals surface area contributed by atoms with Gasteiger partial charge in [0.05, 0.1) is 6.42 Å². The Bertz CT molecular complexity index is 592. The van der Waals surface area contributed by atoms with Crippen LogP contribution in [0.4, 0.5) is 0 Å². The van der Waals surface area contributed by atoms with Crippen LogP contribution in [0.1, 0.15) is 30.4 Å². The monoisotopic (exact) mass is 255 g/mol. The molecular weight excluding hydrogens is 242 g/mol. The zero-order chi connectivity index (χ0) is 13.2. The fraction of sp³-hybridized carbons (Fsp3) is 0.286. The molecule has 0 amide bonds. The predicted molar refractivity (Wildman–Crippen MR) is 67.5 cm³/mol. The van der Waals surface area contributed by atoms with Crippen LogP contribution in [0.25, 0.3) is 0 Å². The van der Waals surface area contributed by atoms with E-state index in [4.69, 9.17) is 0 Å². The zero-order valence-corrected chi connectivity index (χ0v) is 10.3. The molecule has 0 aliphatic heterocycles. The van der Waals surface area contributed by atoms with Crippen LogP contribution in [-0.2, 0) is 9.59 Å². The summed E-state index contributed by atoms with van der Waals surface area (Å²) in [5.74, 6) is -0.248. The molecule has 1 aromatic carbocycles. The highest BCUT2D eigenvalue weighted by atomic mass is 16.2. The van der Waals surface area contributed by atoms with Crippen LogP contribution in [0, 0.1) is 0 Å². The van der Waals surface area contributed by atoms with E-state index in [9.17, 15) is 9.59 Å². The summed E-state index contributed by atoms with van der Waals surface area (Å²) in [6.45, 7) is 0. The lowest BCUT2D eigenvalue weighted by atomic mass is 9.78. The summed E-state index contributed by atoms with van der Waals surface area (Å²) in [7, 11) is 0. The summed E-state index contributed by atoms with van der Waals surface area (Å²) >= 11 is 0. The molecule has 0 N–H and O–H groups in total. The van der Waals surface area contributed by atoms with Crippen molar-refractivity contribution in [2.24, 2.45) is 0 Å². The standard InChI is InChI=1S/C14H13N3O2/c18-11-6-12(10-4-2-1-3-5-10)14(13(19)7-11)17-9-15-8-16-17/h1-5,8-9,12,14H,6-7H2. The third-order valence-corrected chi connectivity index (χ3v) is 3.48. The van der Waals surface area contributed by atoms with Crippen molar-refractivity contribution in [3.63, 3.8) is 0 Å². The molecule has 1 aliphatic rings. The van der Waals surface area contributed by atoms with E-state index in [2.05, 4.69) is 10.1 Å². The molecule has 1 heterocycles. The van der Waals surface area contributed by atoms with Crippen LogP contribution in [-0.4, -0.2) is 26.3 Å². The van der Waals surface area contributed by atoms with Gasteiger partial charge in [-0.1, -0.05) is 30.3 Å². The molecule has 1 aromatic heterocycles. The summed E-state index contributed by atoms with van der Waals surface area (Å²) in [5.41, 5.74) is 0.990. The lowest BCUT2D eigenvalue weighted by molar-refractivity contribution is -0.133. The van der Waals surface area contributed by atoms with Gasteiger partial charge in [0.15, 0.2) is 5.78 Å². The lowest BCUT2D eigenvalue weighted by Gasteiger charge is -2.29. The molecular formula is C14H13N3O2. The SMILES string of the molecule is O=C1CC(=O)C(n2cncn2)C(c2ccccc2)C1. The summed E-state index contributed by atoms with van der Waals surface area (Å²) in [6, 6.07) is 9.21. The third kappa shape index (κ3) is 2.19. The molecule has 5 nitrogen and oxygen atoms in total. The Balaban J connectivity index is 2.02. The summed E-state index contributed by atoms with van der Waals surface area (Å²) in [6.07, 6.45) is 3.31. The topological polar surface area (TPSA) is 64.8 Å². The van der Waals surface area contributed by atoms with Crippen LogP contribution < -0.4 is 0 Å². The highest BCUT2D eigenvalue weighted by Crippen LogP contribution is 2.36. The Morgan fingerprint density at radius 2 is 1.95 bits per heavy atom. The van der Waals surface area contributed by atoms with Crippen molar-refractivity contribution in [1.29, 1.82) is 0 Å². The first kappa shape index (κ1) is 11.8. The van der Waals surface area contributed by atoms with Crippen LogP contribution >= 0.6 is 0 Å². The van der Waals surface area contributed by atoms with Crippen LogP contribution in [0.5, 0.6) is 0 Å². The van der Waals surface area contributed by atoms with Gasteiger partial charge < -0.3 is 0 Å². The Morgan fingerprint density at radius 1 is 1.16 bits per heavy atom. The van der Waals surface area contributed by atoms with E-state index in [0.29, 0.717) is 6.42 Å². The van der Waals surface area contributed by atoms with Crippen LogP contribution in [0.3, 0.4) is 0 Å². The molecule has 96 valence electrons. The van der Waals surface area contributed by atoms with Gasteiger partial charge in [-0.15, -0.1) is 0 Å². The molecule has 2 unspecified atom stereocenters. The van der Waals surface area contributed by atoms with E-state index in [-0.39, 0.29) is 23.9 Å². The number of carbonyl (C=O) groups excluding carboxylic acids is 2. The Kier molecular flexibility index (Phi) is 2.95. The molecule has 5 heteroatoms. The molecule has 0 bridgehead atoms. The normalized spacial score (nSPS) is 23.6. The van der Waals surface area contributed by atoms with Crippen molar-refractivity contribution in [2.75, 3.05) is 0 Å². The molecule has 0 saturated heterocycles. The number of hydrogen-bond acceptors (Lipinski definition) is 4. The summed E-state index contributed by atoms with van der Waals surface area (Å²) in [5, 5.41) is 4.06. The first-order valence-electron chi connectivity index (χ1n) is 6.19. The van der Waals surface area contributed by atoms with Gasteiger partial charge in [-0.3, -0.25) is 9.59 Å². The number of Topliss-reactive ketones (excluding diaryl/α,β-unsaturated/α-hetero) is 2. The van der Waals surface area contributed by atoms with Crippen molar-refractivity contribution < 1.29 is 9.59 Å². The summed E-state index contributed by atoms with van der Waals surface area (Å²) in [4.78, 5) is 27.8. The Hall–Kier alpha value is -2.30. The molecule has 2 aromatic rings. The molecule has 0 radical (unpaired) electrons. The number of benzene rings is 1. The van der Waals surface area contributed by atoms with Crippen LogP contribution in [0.15, 0.2) is 43.0 Å². The van der Waals surface area contributed by atoms with E-state index in [1.54, 1.807) is 4.68 Å². The van der Waals surface area contributed by atoms with E-state index in [1.165, 1.54) is 12.7 Å². The van der Waals surface area contributed by atoms with E-state index in [1.807, 2.05) is 30.3 Å². The third-order valence-electron chi connectivity index (χ3n) is 3.48. The minimum Gasteiger partial charge on any atom is -0.299 e. The average Bonchev–Trinajstić information content (AvgIpc) is 2.92. The van der Waals surface area contributed by atoms with Crippen molar-refractivity contribution in [2.45, 2.75) is 24.8 Å². The number of carbonyl (C=O) groups is 2. The minimum absolute atomic E-state index is 0.00443. The Labute approximate surface area is 110 Å². The van der Waals surface area contributed by atoms with Crippen molar-refractivity contribution in [3.8, 4) is 0 Å². The number of hydrogen-bond donors (Lipinski definition) is 0. The predicted octanol–water partition coefficient (Wildman–Crippen LogP) is 1.54. The summed E-state index contributed by atoms with van der Waals surface area (Å²) < 4.78 is 1.56. The van der Waals surface area contributed by atoms with Gasteiger partial charge in [0, 0.05) is 12.3 Å². The van der Waals surface area contributed by atoms with Gasteiger partial charge in [-0.05, 0) is 5.56 Å². The van der Waals surface area contributed by atoms with E-state index >= 15 is 0 Å². The molecule has 1 aliphatic carbocycles. The molecule has 1 saturated carbocycles. The van der Waals surface area contributed by atoms with Gasteiger partial charge >= 0.3 is 0 Å². The molecule has 19 heavy (non-hydrogen) atoms. The highest BCUT2D eigenvalue weighted by Gasteiger charge is 2.38. The second-order valence-corrected chi connectivity index (χ2v) is 4.72. The second kappa shape index (κ2) is 4.76. The lowest BCUT2D eigenvalue weighted by Crippen LogP contribution is -2.34. The molecule has 2 atom stereocenters. The van der Waals surface area contributed by atoms with Gasteiger partial charge in [0.1, 0.15) is 24.5 Å². The number of ketones is 2. The second-order valence-electron chi connectivity index (χ2n) is 4.72. The van der Waals surface area contributed by atoms with Gasteiger partial charge in [-0.2, -0.15) is 5.10 Å². The largest absolute Gasteiger partial charge is 0.299 e. The number of nitrogens with zero attached hydrogens (tertiary/aromatic N) is 3. The smallest absolute Gasteiger partial charge is 0.165 e. The average molecular weight is 255 g/mol. The number of aromatic nitrogens is 3. The van der Waals surface area contributed by atoms with Crippen LogP contribution in [0.2, 0.25) is 0 Å². The maximum absolute atomic E-state index is 12.2. The minimum atomic E-state index is -0.428. The maximum atomic E-state index is 12.2. The maximum Gasteiger partial charge on any atom is 0.165 e. The fourth-order valence-electron chi connectivity index (χ4n) is 2.65. The van der Waals surface area contributed by atoms with Gasteiger partial charge in [-0.25, -0.2) is 9.67 Å². The first-order chi connectivity index (χ1) is 9.25. The van der Waals surface area contributed by atoms with Crippen molar-refractivity contribution in [1.82, 2.24) is 14.8 Å². The van der Waals surface area contributed by atoms with Crippen molar-refractivity contribution in [3.05, 3.63) is 48.5 Å². The van der Waals surface area contributed by atoms with Gasteiger partial charge in [0.2, 0.25) is 0 Å². The zero-order valence-electron chi connectivity index (χ0n) is 10.3. The van der Waals surface area contributed by atoms with E-state index < -0.39 is 6.04 Å². The van der Waals surface area contributed by atoms with Crippen molar-refractivity contribution >= 4 is 11.6 Å². The van der Waals surface area contributed by atoms with Gasteiger partial charge in [0.25, 0.3) is 0 Å². The molecule has 3 rings (SSSR count). The molecule has 1 fully saturated rings. The molecule has 0 spiro atoms. The number of rotatable bonds is 2. The fourth-order valence-corrected chi connectivity index (χ4v) is 2.65.